The van der Waals surface area contributed by atoms with Gasteiger partial charge in [0.25, 0.3) is 0 Å². The first-order chi connectivity index (χ1) is 15.1. The maximum absolute atomic E-state index is 12.5. The third-order valence-corrected chi connectivity index (χ3v) is 6.12. The van der Waals surface area contributed by atoms with Crippen LogP contribution < -0.4 is 10.2 Å². The van der Waals surface area contributed by atoms with E-state index in [9.17, 15) is 9.59 Å². The Morgan fingerprint density at radius 3 is 2.52 bits per heavy atom. The van der Waals surface area contributed by atoms with Gasteiger partial charge in [-0.3, -0.25) is 9.59 Å². The summed E-state index contributed by atoms with van der Waals surface area (Å²) in [5, 5.41) is 11.0. The molecule has 2 saturated heterocycles. The molecule has 2 aromatic rings. The van der Waals surface area contributed by atoms with Crippen LogP contribution in [0.5, 0.6) is 0 Å². The van der Waals surface area contributed by atoms with E-state index >= 15 is 0 Å². The first-order valence-electron chi connectivity index (χ1n) is 10.8. The molecule has 2 aliphatic heterocycles. The molecule has 8 heteroatoms. The molecular formula is C23H29N5O3. The van der Waals surface area contributed by atoms with Gasteiger partial charge in [-0.15, -0.1) is 5.10 Å². The monoisotopic (exact) mass is 423 g/mol. The highest BCUT2D eigenvalue weighted by Crippen LogP contribution is 2.25. The van der Waals surface area contributed by atoms with Gasteiger partial charge in [-0.1, -0.05) is 12.1 Å². The molecule has 3 heterocycles. The number of piperidine rings is 1. The van der Waals surface area contributed by atoms with Crippen LogP contribution in [0.2, 0.25) is 0 Å². The predicted molar refractivity (Wildman–Crippen MR) is 118 cm³/mol. The van der Waals surface area contributed by atoms with Crippen LogP contribution in [0, 0.1) is 11.8 Å². The molecule has 164 valence electrons. The quantitative estimate of drug-likeness (QED) is 0.733. The largest absolute Gasteiger partial charge is 0.375 e. The molecule has 2 fully saturated rings. The Labute approximate surface area is 182 Å². The summed E-state index contributed by atoms with van der Waals surface area (Å²) in [7, 11) is 1.55. The van der Waals surface area contributed by atoms with E-state index in [0.717, 1.165) is 43.9 Å². The van der Waals surface area contributed by atoms with Gasteiger partial charge in [-0.25, -0.2) is 0 Å². The van der Waals surface area contributed by atoms with E-state index in [1.54, 1.807) is 13.3 Å². The number of likely N-dealkylation sites (tertiary alicyclic amines) is 1. The number of amides is 2. The maximum atomic E-state index is 12.5. The fourth-order valence-corrected chi connectivity index (χ4v) is 4.20. The maximum Gasteiger partial charge on any atom is 0.248 e. The second-order valence-corrected chi connectivity index (χ2v) is 8.33. The van der Waals surface area contributed by atoms with Crippen LogP contribution in [-0.4, -0.2) is 66.8 Å². The predicted octanol–water partition coefficient (Wildman–Crippen LogP) is 1.98. The van der Waals surface area contributed by atoms with Gasteiger partial charge in [0.05, 0.1) is 5.92 Å². The van der Waals surface area contributed by atoms with E-state index in [1.165, 1.54) is 5.56 Å². The van der Waals surface area contributed by atoms with Gasteiger partial charge in [0, 0.05) is 45.2 Å². The fraction of sp³-hybridized carbons (Fsp3) is 0.478. The third kappa shape index (κ3) is 5.38. The lowest BCUT2D eigenvalue weighted by Gasteiger charge is -2.38. The Kier molecular flexibility index (Phi) is 6.76. The normalized spacial score (nSPS) is 17.3. The molecule has 0 saturated carbocycles. The Morgan fingerprint density at radius 1 is 1.13 bits per heavy atom. The molecule has 0 aliphatic carbocycles. The molecule has 4 rings (SSSR count). The lowest BCUT2D eigenvalue weighted by atomic mass is 9.90. The van der Waals surface area contributed by atoms with E-state index in [-0.39, 0.29) is 24.3 Å². The molecule has 31 heavy (non-hydrogen) atoms. The molecular weight excluding hydrogens is 394 g/mol. The summed E-state index contributed by atoms with van der Waals surface area (Å²) < 4.78 is 4.94. The van der Waals surface area contributed by atoms with Gasteiger partial charge >= 0.3 is 0 Å². The number of aromatic nitrogens is 2. The highest BCUT2D eigenvalue weighted by atomic mass is 16.5. The molecule has 0 bridgehead atoms. The standard InChI is InChI=1S/C23H29N5O3/c1-31-16-22(29)27-11-8-18(9-12-27)13-17-4-6-20(7-5-17)25-23(30)19-14-28(15-19)21-3-2-10-24-26-21/h2-7,10,18-19H,8-9,11-16H2,1H3,(H,25,30). The molecule has 2 amide bonds. The summed E-state index contributed by atoms with van der Waals surface area (Å²) in [6.07, 6.45) is 4.66. The zero-order valence-corrected chi connectivity index (χ0v) is 17.9. The van der Waals surface area contributed by atoms with Gasteiger partial charge in [0.1, 0.15) is 6.61 Å². The lowest BCUT2D eigenvalue weighted by molar-refractivity contribution is -0.136. The Morgan fingerprint density at radius 2 is 1.87 bits per heavy atom. The summed E-state index contributed by atoms with van der Waals surface area (Å²) >= 11 is 0. The van der Waals surface area contributed by atoms with E-state index in [1.807, 2.05) is 29.2 Å². The number of rotatable bonds is 7. The van der Waals surface area contributed by atoms with Crippen molar-refractivity contribution in [2.75, 3.05) is 50.1 Å². The smallest absolute Gasteiger partial charge is 0.248 e. The molecule has 8 nitrogen and oxygen atoms in total. The van der Waals surface area contributed by atoms with Gasteiger partial charge in [-0.05, 0) is 55.0 Å². The number of nitrogens with one attached hydrogen (secondary N) is 1. The van der Waals surface area contributed by atoms with Crippen molar-refractivity contribution in [3.05, 3.63) is 48.2 Å². The van der Waals surface area contributed by atoms with Crippen molar-refractivity contribution in [2.45, 2.75) is 19.3 Å². The summed E-state index contributed by atoms with van der Waals surface area (Å²) in [6, 6.07) is 11.9. The highest BCUT2D eigenvalue weighted by Gasteiger charge is 2.33. The minimum Gasteiger partial charge on any atom is -0.375 e. The van der Waals surface area contributed by atoms with Gasteiger partial charge < -0.3 is 19.9 Å². The van der Waals surface area contributed by atoms with E-state index < -0.39 is 0 Å². The van der Waals surface area contributed by atoms with Gasteiger partial charge in [0.2, 0.25) is 11.8 Å². The molecule has 0 atom stereocenters. The second kappa shape index (κ2) is 9.87. The zero-order chi connectivity index (χ0) is 21.6. The number of benzene rings is 1. The molecule has 0 spiro atoms. The summed E-state index contributed by atoms with van der Waals surface area (Å²) in [5.74, 6) is 1.47. The number of nitrogens with zero attached hydrogens (tertiary/aromatic N) is 4. The Hall–Kier alpha value is -3.00. The number of hydrogen-bond acceptors (Lipinski definition) is 6. The van der Waals surface area contributed by atoms with Crippen molar-refractivity contribution in [3.8, 4) is 0 Å². The number of methoxy groups -OCH3 is 1. The highest BCUT2D eigenvalue weighted by molar-refractivity contribution is 5.94. The fourth-order valence-electron chi connectivity index (χ4n) is 4.20. The third-order valence-electron chi connectivity index (χ3n) is 6.12. The van der Waals surface area contributed by atoms with E-state index in [2.05, 4.69) is 32.5 Å². The first-order valence-corrected chi connectivity index (χ1v) is 10.8. The van der Waals surface area contributed by atoms with Crippen LogP contribution in [0.3, 0.4) is 0 Å². The van der Waals surface area contributed by atoms with Crippen LogP contribution in [0.25, 0.3) is 0 Å². The van der Waals surface area contributed by atoms with Crippen LogP contribution in [0.15, 0.2) is 42.6 Å². The summed E-state index contributed by atoms with van der Waals surface area (Å²) in [6.45, 7) is 3.08. The SMILES string of the molecule is COCC(=O)N1CCC(Cc2ccc(NC(=O)C3CN(c4cccnn4)C3)cc2)CC1. The van der Waals surface area contributed by atoms with E-state index in [4.69, 9.17) is 4.74 Å². The molecule has 1 aromatic heterocycles. The number of ether oxygens (including phenoxy) is 1. The van der Waals surface area contributed by atoms with Crippen molar-refractivity contribution >= 4 is 23.3 Å². The molecule has 1 N–H and O–H groups in total. The van der Waals surface area contributed by atoms with Crippen molar-refractivity contribution < 1.29 is 14.3 Å². The number of anilines is 2. The average molecular weight is 424 g/mol. The van der Waals surface area contributed by atoms with Gasteiger partial charge in [0.15, 0.2) is 5.82 Å². The minimum atomic E-state index is -0.0346. The van der Waals surface area contributed by atoms with E-state index in [0.29, 0.717) is 19.0 Å². The number of carbonyl (C=O) groups is 2. The number of carbonyl (C=O) groups excluding carboxylic acids is 2. The van der Waals surface area contributed by atoms with Crippen molar-refractivity contribution in [2.24, 2.45) is 11.8 Å². The molecule has 2 aliphatic rings. The molecule has 0 unspecified atom stereocenters. The van der Waals surface area contributed by atoms with Crippen LogP contribution in [0.4, 0.5) is 11.5 Å². The summed E-state index contributed by atoms with van der Waals surface area (Å²) in [4.78, 5) is 28.3. The first kappa shape index (κ1) is 21.2. The minimum absolute atomic E-state index is 0.0346. The van der Waals surface area contributed by atoms with Crippen molar-refractivity contribution in [3.63, 3.8) is 0 Å². The zero-order valence-electron chi connectivity index (χ0n) is 17.9. The topological polar surface area (TPSA) is 87.7 Å². The van der Waals surface area contributed by atoms with Crippen LogP contribution in [0.1, 0.15) is 18.4 Å². The van der Waals surface area contributed by atoms with Crippen LogP contribution >= 0.6 is 0 Å². The summed E-state index contributed by atoms with van der Waals surface area (Å²) in [5.41, 5.74) is 2.09. The average Bonchev–Trinajstić information content (AvgIpc) is 2.75. The van der Waals surface area contributed by atoms with Crippen LogP contribution in [-0.2, 0) is 20.7 Å². The molecule has 0 radical (unpaired) electrons. The lowest BCUT2D eigenvalue weighted by Crippen LogP contribution is -2.52. The Balaban J connectivity index is 1.20. The second-order valence-electron chi connectivity index (χ2n) is 8.33. The Bertz CT molecular complexity index is 876. The van der Waals surface area contributed by atoms with Gasteiger partial charge in [-0.2, -0.15) is 5.10 Å². The number of hydrogen-bond donors (Lipinski definition) is 1. The van der Waals surface area contributed by atoms with Crippen molar-refractivity contribution in [1.29, 1.82) is 0 Å². The molecule has 1 aromatic carbocycles. The van der Waals surface area contributed by atoms with Crippen molar-refractivity contribution in [1.82, 2.24) is 15.1 Å².